The lowest BCUT2D eigenvalue weighted by molar-refractivity contribution is -0.122. The van der Waals surface area contributed by atoms with Crippen LogP contribution in [0.1, 0.15) is 6.92 Å². The molecule has 0 aliphatic rings. The van der Waals surface area contributed by atoms with E-state index >= 15 is 0 Å². The highest BCUT2D eigenvalue weighted by molar-refractivity contribution is 5.74. The van der Waals surface area contributed by atoms with E-state index < -0.39 is 5.91 Å². The number of nitrogens with zero attached hydrogens (tertiary/aromatic N) is 3. The van der Waals surface area contributed by atoms with Crippen molar-refractivity contribution in [3.8, 4) is 6.01 Å². The number of amides is 1. The van der Waals surface area contributed by atoms with Gasteiger partial charge in [0.1, 0.15) is 6.61 Å². The Morgan fingerprint density at radius 2 is 2.17 bits per heavy atom. The van der Waals surface area contributed by atoms with E-state index in [0.29, 0.717) is 19.8 Å². The summed E-state index contributed by atoms with van der Waals surface area (Å²) in [4.78, 5) is 22.0. The van der Waals surface area contributed by atoms with Crippen LogP contribution >= 0.6 is 0 Å². The summed E-state index contributed by atoms with van der Waals surface area (Å²) >= 11 is 0. The first-order valence-corrected chi connectivity index (χ1v) is 5.36. The average molecular weight is 256 g/mol. The molecule has 1 aromatic heterocycles. The number of hydrogen-bond acceptors (Lipinski definition) is 8. The Balaban J connectivity index is 2.39. The summed E-state index contributed by atoms with van der Waals surface area (Å²) in [5.41, 5.74) is 10.4. The third-order valence-electron chi connectivity index (χ3n) is 1.68. The molecule has 1 rings (SSSR count). The van der Waals surface area contributed by atoms with Crippen molar-refractivity contribution in [3.63, 3.8) is 0 Å². The average Bonchev–Trinajstić information content (AvgIpc) is 2.28. The third-order valence-corrected chi connectivity index (χ3v) is 1.68. The Morgan fingerprint density at radius 1 is 1.39 bits per heavy atom. The fourth-order valence-electron chi connectivity index (χ4n) is 1.05. The lowest BCUT2D eigenvalue weighted by Gasteiger charge is -2.07. The van der Waals surface area contributed by atoms with E-state index in [0.717, 1.165) is 0 Å². The summed E-state index contributed by atoms with van der Waals surface area (Å²) in [6.07, 6.45) is 0. The normalized spacial score (nSPS) is 10.1. The Hall–Kier alpha value is -2.16. The van der Waals surface area contributed by atoms with Gasteiger partial charge < -0.3 is 26.3 Å². The molecule has 5 N–H and O–H groups in total. The van der Waals surface area contributed by atoms with Gasteiger partial charge in [-0.3, -0.25) is 4.79 Å². The highest BCUT2D eigenvalue weighted by Gasteiger charge is 2.04. The van der Waals surface area contributed by atoms with E-state index in [9.17, 15) is 4.79 Å². The maximum Gasteiger partial charge on any atom is 0.323 e. The number of primary amides is 1. The molecule has 9 nitrogen and oxygen atoms in total. The lowest BCUT2D eigenvalue weighted by atomic mass is 10.6. The van der Waals surface area contributed by atoms with E-state index in [-0.39, 0.29) is 24.5 Å². The van der Waals surface area contributed by atoms with Gasteiger partial charge in [0, 0.05) is 6.54 Å². The zero-order chi connectivity index (χ0) is 13.4. The quantitative estimate of drug-likeness (QED) is 0.491. The van der Waals surface area contributed by atoms with Crippen molar-refractivity contribution >= 4 is 17.8 Å². The zero-order valence-corrected chi connectivity index (χ0v) is 10.0. The Bertz CT molecular complexity index is 400. The number of carbonyl (C=O) groups excluding carboxylic acids is 1. The lowest BCUT2D eigenvalue weighted by Crippen LogP contribution is -2.21. The SMILES string of the molecule is CCOc1nc(N)nc(NCCOCC(N)=O)n1. The zero-order valence-electron chi connectivity index (χ0n) is 10.0. The maximum absolute atomic E-state index is 10.4. The molecule has 0 atom stereocenters. The number of nitrogens with two attached hydrogens (primary N) is 2. The van der Waals surface area contributed by atoms with E-state index in [4.69, 9.17) is 20.9 Å². The number of nitrogen functional groups attached to an aromatic ring is 1. The van der Waals surface area contributed by atoms with Gasteiger partial charge >= 0.3 is 6.01 Å². The van der Waals surface area contributed by atoms with Crippen LogP contribution in [0.15, 0.2) is 0 Å². The predicted molar refractivity (Wildman–Crippen MR) is 63.9 cm³/mol. The third kappa shape index (κ3) is 5.25. The summed E-state index contributed by atoms with van der Waals surface area (Å²) in [6.45, 7) is 2.82. The molecule has 0 unspecified atom stereocenters. The smallest absolute Gasteiger partial charge is 0.323 e. The number of anilines is 2. The molecular formula is C9H16N6O3. The number of ether oxygens (including phenoxy) is 2. The van der Waals surface area contributed by atoms with Crippen molar-refractivity contribution in [1.82, 2.24) is 15.0 Å². The molecule has 0 spiro atoms. The van der Waals surface area contributed by atoms with Gasteiger partial charge in [-0.05, 0) is 6.92 Å². The van der Waals surface area contributed by atoms with Crippen molar-refractivity contribution in [2.75, 3.05) is 37.4 Å². The summed E-state index contributed by atoms with van der Waals surface area (Å²) in [5, 5.41) is 2.86. The largest absolute Gasteiger partial charge is 0.464 e. The number of rotatable bonds is 8. The van der Waals surface area contributed by atoms with E-state index in [1.165, 1.54) is 0 Å². The molecule has 1 heterocycles. The van der Waals surface area contributed by atoms with Crippen LogP contribution in [0.5, 0.6) is 6.01 Å². The van der Waals surface area contributed by atoms with Gasteiger partial charge in [0.15, 0.2) is 0 Å². The highest BCUT2D eigenvalue weighted by Crippen LogP contribution is 2.08. The summed E-state index contributed by atoms with van der Waals surface area (Å²) in [6, 6.07) is 0.158. The van der Waals surface area contributed by atoms with Gasteiger partial charge in [-0.1, -0.05) is 0 Å². The highest BCUT2D eigenvalue weighted by atomic mass is 16.5. The first-order chi connectivity index (χ1) is 8.61. The minimum Gasteiger partial charge on any atom is -0.464 e. The van der Waals surface area contributed by atoms with Crippen molar-refractivity contribution in [3.05, 3.63) is 0 Å². The van der Waals surface area contributed by atoms with Crippen LogP contribution < -0.4 is 21.5 Å². The van der Waals surface area contributed by atoms with Crippen LogP contribution in [0.2, 0.25) is 0 Å². The van der Waals surface area contributed by atoms with Crippen LogP contribution in [-0.2, 0) is 9.53 Å². The van der Waals surface area contributed by atoms with Gasteiger partial charge in [0.2, 0.25) is 17.8 Å². The molecule has 0 saturated heterocycles. The Kier molecular flexibility index (Phi) is 5.58. The molecular weight excluding hydrogens is 240 g/mol. The first-order valence-electron chi connectivity index (χ1n) is 5.36. The first kappa shape index (κ1) is 13.9. The van der Waals surface area contributed by atoms with E-state index in [1.54, 1.807) is 0 Å². The molecule has 1 aromatic rings. The topological polar surface area (TPSA) is 138 Å². The van der Waals surface area contributed by atoms with Crippen LogP contribution in [0.3, 0.4) is 0 Å². The van der Waals surface area contributed by atoms with Crippen molar-refractivity contribution in [2.24, 2.45) is 5.73 Å². The molecule has 0 radical (unpaired) electrons. The molecule has 100 valence electrons. The molecule has 0 aliphatic carbocycles. The van der Waals surface area contributed by atoms with Gasteiger partial charge in [0.05, 0.1) is 13.2 Å². The molecule has 0 saturated carbocycles. The summed E-state index contributed by atoms with van der Waals surface area (Å²) in [7, 11) is 0. The number of hydrogen-bond donors (Lipinski definition) is 3. The van der Waals surface area contributed by atoms with Crippen LogP contribution in [0, 0.1) is 0 Å². The molecule has 0 fully saturated rings. The number of carbonyl (C=O) groups is 1. The van der Waals surface area contributed by atoms with Gasteiger partial charge in [-0.15, -0.1) is 0 Å². The standard InChI is InChI=1S/C9H16N6O3/c1-2-18-9-14-7(11)13-8(15-9)12-3-4-17-5-6(10)16/h2-5H2,1H3,(H2,10,16)(H3,11,12,13,14,15). The fourth-order valence-corrected chi connectivity index (χ4v) is 1.05. The second kappa shape index (κ2) is 7.22. The monoisotopic (exact) mass is 256 g/mol. The molecule has 9 heteroatoms. The molecule has 18 heavy (non-hydrogen) atoms. The summed E-state index contributed by atoms with van der Waals surface area (Å²) < 4.78 is 10.1. The molecule has 0 aliphatic heterocycles. The van der Waals surface area contributed by atoms with Gasteiger partial charge in [0.25, 0.3) is 0 Å². The number of nitrogens with one attached hydrogen (secondary N) is 1. The van der Waals surface area contributed by atoms with Crippen LogP contribution in [-0.4, -0.2) is 47.2 Å². The van der Waals surface area contributed by atoms with Gasteiger partial charge in [-0.25, -0.2) is 0 Å². The molecule has 1 amide bonds. The molecule has 0 aromatic carbocycles. The second-order valence-corrected chi connectivity index (χ2v) is 3.18. The summed E-state index contributed by atoms with van der Waals surface area (Å²) in [5.74, 6) is -0.166. The minimum absolute atomic E-state index is 0.0639. The molecule has 0 bridgehead atoms. The second-order valence-electron chi connectivity index (χ2n) is 3.18. The Morgan fingerprint density at radius 3 is 2.83 bits per heavy atom. The minimum atomic E-state index is -0.516. The number of aromatic nitrogens is 3. The Labute approximate surface area is 104 Å². The predicted octanol–water partition coefficient (Wildman–Crippen LogP) is -1.23. The van der Waals surface area contributed by atoms with Crippen molar-refractivity contribution in [2.45, 2.75) is 6.92 Å². The van der Waals surface area contributed by atoms with Crippen LogP contribution in [0.4, 0.5) is 11.9 Å². The van der Waals surface area contributed by atoms with Crippen molar-refractivity contribution < 1.29 is 14.3 Å². The van der Waals surface area contributed by atoms with E-state index in [2.05, 4.69) is 20.3 Å². The van der Waals surface area contributed by atoms with Crippen LogP contribution in [0.25, 0.3) is 0 Å². The maximum atomic E-state index is 10.4. The van der Waals surface area contributed by atoms with Crippen molar-refractivity contribution in [1.29, 1.82) is 0 Å². The van der Waals surface area contributed by atoms with Gasteiger partial charge in [-0.2, -0.15) is 15.0 Å². The fraction of sp³-hybridized carbons (Fsp3) is 0.556. The van der Waals surface area contributed by atoms with E-state index in [1.807, 2.05) is 6.92 Å².